The lowest BCUT2D eigenvalue weighted by Gasteiger charge is -2.02. The van der Waals surface area contributed by atoms with E-state index in [0.29, 0.717) is 5.95 Å². The van der Waals surface area contributed by atoms with Crippen molar-refractivity contribution in [1.29, 1.82) is 0 Å². The van der Waals surface area contributed by atoms with Crippen molar-refractivity contribution >= 4 is 16.9 Å². The van der Waals surface area contributed by atoms with E-state index in [-0.39, 0.29) is 0 Å². The SMILES string of the molecule is Nc1ncc(-c2cccc3[nH]ccc23)cn1. The third-order valence-electron chi connectivity index (χ3n) is 2.58. The second-order valence-electron chi connectivity index (χ2n) is 3.57. The topological polar surface area (TPSA) is 67.6 Å². The molecule has 1 aromatic carbocycles. The molecule has 0 atom stereocenters. The summed E-state index contributed by atoms with van der Waals surface area (Å²) in [6.45, 7) is 0. The predicted octanol–water partition coefficient (Wildman–Crippen LogP) is 2.21. The number of hydrogen-bond donors (Lipinski definition) is 2. The van der Waals surface area contributed by atoms with E-state index >= 15 is 0 Å². The molecule has 0 unspecified atom stereocenters. The van der Waals surface area contributed by atoms with Crippen molar-refractivity contribution in [3.05, 3.63) is 42.9 Å². The van der Waals surface area contributed by atoms with Gasteiger partial charge in [0.15, 0.2) is 0 Å². The van der Waals surface area contributed by atoms with Crippen LogP contribution >= 0.6 is 0 Å². The average Bonchev–Trinajstić information content (AvgIpc) is 2.78. The first-order valence-corrected chi connectivity index (χ1v) is 4.98. The molecule has 0 amide bonds. The Bertz CT molecular complexity index is 625. The minimum Gasteiger partial charge on any atom is -0.368 e. The van der Waals surface area contributed by atoms with E-state index < -0.39 is 0 Å². The molecule has 4 nitrogen and oxygen atoms in total. The number of fused-ring (bicyclic) bond motifs is 1. The molecule has 78 valence electrons. The Balaban J connectivity index is 2.25. The van der Waals surface area contributed by atoms with E-state index in [0.717, 1.165) is 22.0 Å². The lowest BCUT2D eigenvalue weighted by molar-refractivity contribution is 1.19. The Morgan fingerprint density at radius 2 is 1.88 bits per heavy atom. The zero-order valence-electron chi connectivity index (χ0n) is 8.51. The molecule has 3 N–H and O–H groups in total. The first-order valence-electron chi connectivity index (χ1n) is 4.98. The maximum atomic E-state index is 5.47. The molecule has 0 fully saturated rings. The van der Waals surface area contributed by atoms with Crippen LogP contribution in [0.5, 0.6) is 0 Å². The zero-order chi connectivity index (χ0) is 11.0. The van der Waals surface area contributed by atoms with Crippen molar-refractivity contribution in [2.45, 2.75) is 0 Å². The highest BCUT2D eigenvalue weighted by molar-refractivity contribution is 5.94. The molecule has 16 heavy (non-hydrogen) atoms. The van der Waals surface area contributed by atoms with Crippen molar-refractivity contribution in [1.82, 2.24) is 15.0 Å². The average molecular weight is 210 g/mol. The van der Waals surface area contributed by atoms with Crippen LogP contribution in [0.4, 0.5) is 5.95 Å². The van der Waals surface area contributed by atoms with Crippen LogP contribution in [0.25, 0.3) is 22.0 Å². The Kier molecular flexibility index (Phi) is 1.86. The minimum atomic E-state index is 0.296. The molecule has 4 heteroatoms. The van der Waals surface area contributed by atoms with Crippen molar-refractivity contribution in [3.8, 4) is 11.1 Å². The normalized spacial score (nSPS) is 10.8. The molecule has 2 heterocycles. The third kappa shape index (κ3) is 1.32. The molecule has 0 saturated heterocycles. The number of hydrogen-bond acceptors (Lipinski definition) is 3. The first-order chi connectivity index (χ1) is 7.84. The molecular formula is C12H10N4. The summed E-state index contributed by atoms with van der Waals surface area (Å²) in [5.74, 6) is 0.296. The maximum Gasteiger partial charge on any atom is 0.219 e. The van der Waals surface area contributed by atoms with E-state index in [1.165, 1.54) is 0 Å². The first kappa shape index (κ1) is 8.91. The number of anilines is 1. The van der Waals surface area contributed by atoms with Gasteiger partial charge in [-0.15, -0.1) is 0 Å². The fourth-order valence-corrected chi connectivity index (χ4v) is 1.81. The van der Waals surface area contributed by atoms with Crippen LogP contribution in [-0.2, 0) is 0 Å². The Hall–Kier alpha value is -2.36. The fourth-order valence-electron chi connectivity index (χ4n) is 1.81. The Morgan fingerprint density at radius 1 is 1.06 bits per heavy atom. The molecule has 0 aliphatic heterocycles. The van der Waals surface area contributed by atoms with E-state index in [1.807, 2.05) is 30.5 Å². The fraction of sp³-hybridized carbons (Fsp3) is 0. The Labute approximate surface area is 92.2 Å². The minimum absolute atomic E-state index is 0.296. The Morgan fingerprint density at radius 3 is 2.69 bits per heavy atom. The summed E-state index contributed by atoms with van der Waals surface area (Å²) < 4.78 is 0. The highest BCUT2D eigenvalue weighted by Gasteiger charge is 2.04. The highest BCUT2D eigenvalue weighted by Crippen LogP contribution is 2.26. The molecule has 0 bridgehead atoms. The highest BCUT2D eigenvalue weighted by atomic mass is 15.0. The van der Waals surface area contributed by atoms with Gasteiger partial charge in [-0.25, -0.2) is 9.97 Å². The molecule has 3 rings (SSSR count). The summed E-state index contributed by atoms with van der Waals surface area (Å²) in [4.78, 5) is 11.2. The van der Waals surface area contributed by atoms with Crippen molar-refractivity contribution in [2.24, 2.45) is 0 Å². The van der Waals surface area contributed by atoms with Gasteiger partial charge < -0.3 is 10.7 Å². The van der Waals surface area contributed by atoms with Crippen LogP contribution in [-0.4, -0.2) is 15.0 Å². The van der Waals surface area contributed by atoms with Gasteiger partial charge in [0.1, 0.15) is 0 Å². The number of aromatic nitrogens is 3. The smallest absolute Gasteiger partial charge is 0.219 e. The summed E-state index contributed by atoms with van der Waals surface area (Å²) in [5, 5.41) is 1.16. The van der Waals surface area contributed by atoms with Crippen LogP contribution in [0.15, 0.2) is 42.9 Å². The number of benzene rings is 1. The number of rotatable bonds is 1. The van der Waals surface area contributed by atoms with Crippen LogP contribution < -0.4 is 5.73 Å². The molecule has 0 aliphatic carbocycles. The number of nitrogens with zero attached hydrogens (tertiary/aromatic N) is 2. The summed E-state index contributed by atoms with van der Waals surface area (Å²) in [5.41, 5.74) is 8.66. The predicted molar refractivity (Wildman–Crippen MR) is 63.7 cm³/mol. The van der Waals surface area contributed by atoms with Crippen LogP contribution in [0.3, 0.4) is 0 Å². The quantitative estimate of drug-likeness (QED) is 0.647. The lowest BCUT2D eigenvalue weighted by Crippen LogP contribution is -1.93. The van der Waals surface area contributed by atoms with Gasteiger partial charge in [-0.05, 0) is 17.7 Å². The molecule has 0 radical (unpaired) electrons. The van der Waals surface area contributed by atoms with Gasteiger partial charge in [-0.2, -0.15) is 0 Å². The molecule has 2 aromatic heterocycles. The van der Waals surface area contributed by atoms with Gasteiger partial charge in [-0.1, -0.05) is 12.1 Å². The molecular weight excluding hydrogens is 200 g/mol. The number of H-pyrrole nitrogens is 1. The monoisotopic (exact) mass is 210 g/mol. The van der Waals surface area contributed by atoms with Gasteiger partial charge in [0.2, 0.25) is 5.95 Å². The van der Waals surface area contributed by atoms with Gasteiger partial charge in [0.05, 0.1) is 0 Å². The van der Waals surface area contributed by atoms with Crippen LogP contribution in [0, 0.1) is 0 Å². The second kappa shape index (κ2) is 3.34. The van der Waals surface area contributed by atoms with Crippen LogP contribution in [0.1, 0.15) is 0 Å². The zero-order valence-corrected chi connectivity index (χ0v) is 8.51. The van der Waals surface area contributed by atoms with Crippen LogP contribution in [0.2, 0.25) is 0 Å². The van der Waals surface area contributed by atoms with E-state index in [1.54, 1.807) is 12.4 Å². The number of nitrogens with one attached hydrogen (secondary N) is 1. The van der Waals surface area contributed by atoms with Gasteiger partial charge in [0.25, 0.3) is 0 Å². The number of aromatic amines is 1. The van der Waals surface area contributed by atoms with Crippen molar-refractivity contribution < 1.29 is 0 Å². The number of nitrogens with two attached hydrogens (primary N) is 1. The molecule has 3 aromatic rings. The lowest BCUT2D eigenvalue weighted by atomic mass is 10.1. The van der Waals surface area contributed by atoms with E-state index in [9.17, 15) is 0 Å². The van der Waals surface area contributed by atoms with Gasteiger partial charge in [-0.3, -0.25) is 0 Å². The summed E-state index contributed by atoms with van der Waals surface area (Å²) in [7, 11) is 0. The summed E-state index contributed by atoms with van der Waals surface area (Å²) in [6, 6.07) is 8.13. The maximum absolute atomic E-state index is 5.47. The van der Waals surface area contributed by atoms with Gasteiger partial charge in [0, 0.05) is 35.1 Å². The van der Waals surface area contributed by atoms with Crippen molar-refractivity contribution in [2.75, 3.05) is 5.73 Å². The largest absolute Gasteiger partial charge is 0.368 e. The molecule has 0 aliphatic rings. The van der Waals surface area contributed by atoms with Gasteiger partial charge >= 0.3 is 0 Å². The summed E-state index contributed by atoms with van der Waals surface area (Å²) >= 11 is 0. The third-order valence-corrected chi connectivity index (χ3v) is 2.58. The molecule has 0 saturated carbocycles. The molecule has 0 spiro atoms. The number of nitrogen functional groups attached to an aromatic ring is 1. The summed E-state index contributed by atoms with van der Waals surface area (Å²) in [6.07, 6.45) is 5.40. The standard InChI is InChI=1S/C12H10N4/c13-12-15-6-8(7-16-12)9-2-1-3-11-10(9)4-5-14-11/h1-7,14H,(H2,13,15,16). The second-order valence-corrected chi connectivity index (χ2v) is 3.57. The van der Waals surface area contributed by atoms with E-state index in [2.05, 4.69) is 15.0 Å². The van der Waals surface area contributed by atoms with E-state index in [4.69, 9.17) is 5.73 Å². The van der Waals surface area contributed by atoms with Crippen molar-refractivity contribution in [3.63, 3.8) is 0 Å².